The Balaban J connectivity index is 0.000000880. The fourth-order valence-corrected chi connectivity index (χ4v) is 13.9. The van der Waals surface area contributed by atoms with Gasteiger partial charge in [-0.2, -0.15) is 0 Å². The summed E-state index contributed by atoms with van der Waals surface area (Å²) in [5, 5.41) is 21.4. The van der Waals surface area contributed by atoms with Gasteiger partial charge in [0.1, 0.15) is 16.8 Å². The predicted octanol–water partition coefficient (Wildman–Crippen LogP) is 6.44. The first-order valence-electron chi connectivity index (χ1n) is 22.6. The molecule has 3 aromatic rings. The number of para-hydroxylation sites is 1. The SMILES string of the molecule is CCC12CN3CCc4c([nH]c5ccccc45)C(C(=O)OC)(c4cc5c(cc4OC)N(C)C4C(O)(C(=O)OC)C(OC(C)=O)C6(CC)C=CCN7CCC54C76)CC(C3)C1O2.CI.CO.[I][Hg][I]. The topological polar surface area (TPSA) is 167 Å². The number of nitrogens with one attached hydrogen (secondary N) is 1. The molecular weight excluding hydrogens is 1370 g/mol. The molecule has 7 heterocycles. The number of carbonyl (C=O) groups is 3. The number of aliphatic hydroxyl groups excluding tert-OH is 1. The van der Waals surface area contributed by atoms with Crippen LogP contribution in [0.5, 0.6) is 5.75 Å². The fraction of sp³-hybridized carbons (Fsp3) is 0.604. The Bertz CT molecular complexity index is 2360. The molecule has 10 rings (SSSR count). The number of rotatable bonds is 7. The number of hydrogen-bond acceptors (Lipinski definition) is 13. The van der Waals surface area contributed by atoms with Crippen molar-refractivity contribution in [3.8, 4) is 5.75 Å². The summed E-state index contributed by atoms with van der Waals surface area (Å²) in [6, 6.07) is 11.2. The van der Waals surface area contributed by atoms with Gasteiger partial charge in [-0.3, -0.25) is 19.4 Å². The first-order chi connectivity index (χ1) is 31.8. The molecule has 0 radical (unpaired) electrons. The molecule has 3 saturated heterocycles. The second-order valence-electron chi connectivity index (χ2n) is 18.4. The summed E-state index contributed by atoms with van der Waals surface area (Å²) in [6.07, 6.45) is 5.94. The third kappa shape index (κ3) is 7.63. The van der Waals surface area contributed by atoms with Crippen molar-refractivity contribution in [2.24, 2.45) is 11.3 Å². The van der Waals surface area contributed by atoms with Crippen molar-refractivity contribution in [2.45, 2.75) is 99.2 Å². The summed E-state index contributed by atoms with van der Waals surface area (Å²) in [7, 11) is 7.23. The number of hydrogen-bond donors (Lipinski definition) is 3. The third-order valence-electron chi connectivity index (χ3n) is 16.0. The average Bonchev–Trinajstić information content (AvgIpc) is 3.62. The Morgan fingerprint density at radius 3 is 2.32 bits per heavy atom. The quantitative estimate of drug-likeness (QED) is 0.0451. The van der Waals surface area contributed by atoms with Gasteiger partial charge in [0.15, 0.2) is 6.10 Å². The standard InChI is InChI=1S/C46H56N4O9.CH3I.CH4O.Hg.2HI/c1-8-42-16-12-18-50-20-17-44(37(42)50)30-21-31(34(55-5)22-33(30)48(4)38(44)46(54,41(53)57-7)39(42)58-26(3)51)45(40(52)56-6)23-27-24-49(25-43(9-2)36(27)59-43)19-15-29-28-13-10-11-14-32(28)47-35(29)45;2*1-2;;;/h10-14,16,21-22,27,36-39,47,54H,8-9,15,17-20,23-25H2,1-7H3;1H3;2H,1H3;;2*1H/q;;;+2;;/p-2. The van der Waals surface area contributed by atoms with Gasteiger partial charge in [-0.05, 0) is 66.8 Å². The maximum absolute atomic E-state index is 15.4. The third-order valence-corrected chi connectivity index (χ3v) is 16.0. The summed E-state index contributed by atoms with van der Waals surface area (Å²) in [4.78, 5) is 55.5. The van der Waals surface area contributed by atoms with Gasteiger partial charge in [0, 0.05) is 104 Å². The number of aromatic nitrogens is 1. The molecule has 7 aliphatic rings. The van der Waals surface area contributed by atoms with Gasteiger partial charge in [-0.25, -0.2) is 4.79 Å². The van der Waals surface area contributed by atoms with Crippen molar-refractivity contribution in [1.82, 2.24) is 14.8 Å². The summed E-state index contributed by atoms with van der Waals surface area (Å²) < 4.78 is 30.7. The fourth-order valence-electron chi connectivity index (χ4n) is 13.9. The van der Waals surface area contributed by atoms with E-state index in [1.807, 2.05) is 42.0 Å². The molecule has 1 aliphatic carbocycles. The van der Waals surface area contributed by atoms with E-state index >= 15 is 4.79 Å². The number of piperidine rings is 1. The molecule has 11 unspecified atom stereocenters. The number of halogens is 3. The monoisotopic (exact) mass is 1440 g/mol. The minimum absolute atomic E-state index is 0.00603. The predicted molar refractivity (Wildman–Crippen MR) is 275 cm³/mol. The number of nitrogens with zero attached hydrogens (tertiary/aromatic N) is 3. The van der Waals surface area contributed by atoms with Crippen molar-refractivity contribution in [2.75, 3.05) is 78.0 Å². The van der Waals surface area contributed by atoms with Crippen molar-refractivity contribution < 1.29 is 64.2 Å². The summed E-state index contributed by atoms with van der Waals surface area (Å²) in [5.74, 6) is -1.37. The second-order valence-corrected chi connectivity index (χ2v) is 58.2. The van der Waals surface area contributed by atoms with Gasteiger partial charge >= 0.3 is 69.2 Å². The van der Waals surface area contributed by atoms with Crippen LogP contribution in [-0.2, 0) is 66.5 Å². The van der Waals surface area contributed by atoms with Gasteiger partial charge in [-0.1, -0.05) is 66.8 Å². The van der Waals surface area contributed by atoms with Crippen LogP contribution in [0.4, 0.5) is 5.69 Å². The number of methoxy groups -OCH3 is 3. The van der Waals surface area contributed by atoms with Gasteiger partial charge in [0.05, 0.1) is 33.5 Å². The molecule has 0 amide bonds. The van der Waals surface area contributed by atoms with E-state index in [0.29, 0.717) is 50.1 Å². The first-order valence-corrected chi connectivity index (χ1v) is 55.7. The number of ether oxygens (including phenoxy) is 5. The Hall–Kier alpha value is -1.34. The number of anilines is 1. The molecule has 14 nitrogen and oxygen atoms in total. The Morgan fingerprint density at radius 2 is 1.68 bits per heavy atom. The molecule has 1 aromatic heterocycles. The van der Waals surface area contributed by atoms with E-state index in [2.05, 4.69) is 110 Å². The first kappa shape index (κ1) is 52.5. The van der Waals surface area contributed by atoms with Gasteiger partial charge in [-0.15, -0.1) is 0 Å². The molecule has 11 atom stereocenters. The Kier molecular flexibility index (Phi) is 16.2. The van der Waals surface area contributed by atoms with Crippen molar-refractivity contribution in [3.05, 3.63) is 70.9 Å². The molecule has 2 bridgehead atoms. The van der Waals surface area contributed by atoms with E-state index in [-0.39, 0.29) is 39.6 Å². The Labute approximate surface area is 432 Å². The van der Waals surface area contributed by atoms with E-state index < -0.39 is 51.9 Å². The van der Waals surface area contributed by atoms with Gasteiger partial charge < -0.3 is 43.8 Å². The van der Waals surface area contributed by atoms with Crippen LogP contribution in [0.15, 0.2) is 48.6 Å². The van der Waals surface area contributed by atoms with Crippen LogP contribution in [0.3, 0.4) is 0 Å². The van der Waals surface area contributed by atoms with E-state index in [1.54, 1.807) is 7.11 Å². The molecule has 1 spiro atoms. The van der Waals surface area contributed by atoms with Gasteiger partial charge in [0.25, 0.3) is 0 Å². The number of carbonyl (C=O) groups excluding carboxylic acids is 3. The van der Waals surface area contributed by atoms with Crippen LogP contribution >= 0.6 is 57.9 Å². The zero-order valence-corrected chi connectivity index (χ0v) is 51.4. The van der Waals surface area contributed by atoms with Crippen LogP contribution in [0.25, 0.3) is 10.9 Å². The zero-order chi connectivity index (χ0) is 48.1. The van der Waals surface area contributed by atoms with Crippen LogP contribution in [-0.4, -0.2) is 152 Å². The van der Waals surface area contributed by atoms with Crippen molar-refractivity contribution in [3.63, 3.8) is 0 Å². The van der Waals surface area contributed by atoms with Crippen LogP contribution < -0.4 is 9.64 Å². The number of benzene rings is 2. The molecule has 4 fully saturated rings. The Morgan fingerprint density at radius 1 is 0.985 bits per heavy atom. The molecule has 2 aromatic carbocycles. The molecular formula is C48H63HgI3N4O10. The number of aromatic amines is 1. The number of esters is 3. The number of H-pyrrole nitrogens is 1. The van der Waals surface area contributed by atoms with Crippen LogP contribution in [0.2, 0.25) is 0 Å². The molecule has 358 valence electrons. The minimum atomic E-state index is -2.29. The number of aliphatic hydroxyl groups is 2. The molecule has 18 heteroatoms. The number of likely N-dealkylation sites (N-methyl/N-ethyl adjacent to an activating group) is 1. The van der Waals surface area contributed by atoms with Gasteiger partial charge in [0.2, 0.25) is 5.60 Å². The number of alkyl halides is 1. The average molecular weight is 1440 g/mol. The van der Waals surface area contributed by atoms with E-state index in [1.165, 1.54) is 21.1 Å². The summed E-state index contributed by atoms with van der Waals surface area (Å²) in [6.45, 7) is 9.32. The van der Waals surface area contributed by atoms with Crippen molar-refractivity contribution in [1.29, 1.82) is 0 Å². The molecule has 3 N–H and O–H groups in total. The van der Waals surface area contributed by atoms with Crippen molar-refractivity contribution >= 4 is 92.4 Å². The summed E-state index contributed by atoms with van der Waals surface area (Å²) >= 11 is 7.00. The number of epoxide rings is 1. The summed E-state index contributed by atoms with van der Waals surface area (Å²) in [5.41, 5.74) is -0.627. The zero-order valence-electron chi connectivity index (χ0n) is 39.4. The molecule has 1 saturated carbocycles. The molecule has 6 aliphatic heterocycles. The number of fused-ring (bicyclic) bond motifs is 8. The van der Waals surface area contributed by atoms with Crippen LogP contribution in [0, 0.1) is 11.3 Å². The van der Waals surface area contributed by atoms with E-state index in [0.717, 1.165) is 66.6 Å². The normalized spacial score (nSPS) is 35.0. The molecule has 66 heavy (non-hydrogen) atoms. The maximum atomic E-state index is 15.4. The van der Waals surface area contributed by atoms with E-state index in [4.69, 9.17) is 28.8 Å². The second kappa shape index (κ2) is 20.4. The van der Waals surface area contributed by atoms with Crippen LogP contribution in [0.1, 0.15) is 68.8 Å². The van der Waals surface area contributed by atoms with E-state index in [9.17, 15) is 14.7 Å².